The Hall–Kier alpha value is -2.63. The first-order valence-electron chi connectivity index (χ1n) is 7.88. The molecular weight excluding hydrogens is 308 g/mol. The number of aromatic nitrogens is 1. The molecule has 0 aliphatic carbocycles. The van der Waals surface area contributed by atoms with Crippen LogP contribution in [0.1, 0.15) is 30.9 Å². The van der Waals surface area contributed by atoms with Crippen LogP contribution in [-0.2, 0) is 27.4 Å². The number of carbonyl (C=O) groups is 2. The molecule has 0 saturated carbocycles. The molecule has 2 rings (SSSR count). The Kier molecular flexibility index (Phi) is 6.12. The Balaban J connectivity index is 1.90. The minimum atomic E-state index is -0.700. The molecular formula is C18H22N2O4. The molecule has 0 aliphatic heterocycles. The maximum atomic E-state index is 12.3. The van der Waals surface area contributed by atoms with E-state index in [2.05, 4.69) is 10.5 Å². The maximum absolute atomic E-state index is 12.3. The number of benzene rings is 1. The van der Waals surface area contributed by atoms with Crippen LogP contribution in [0.5, 0.6) is 0 Å². The van der Waals surface area contributed by atoms with Gasteiger partial charge in [-0.2, -0.15) is 0 Å². The summed E-state index contributed by atoms with van der Waals surface area (Å²) >= 11 is 0. The highest BCUT2D eigenvalue weighted by Gasteiger charge is 2.26. The largest absolute Gasteiger partial charge is 0.458 e. The van der Waals surface area contributed by atoms with Gasteiger partial charge in [-0.3, -0.25) is 4.79 Å². The van der Waals surface area contributed by atoms with Crippen molar-refractivity contribution in [3.05, 3.63) is 53.4 Å². The number of rotatable bonds is 7. The van der Waals surface area contributed by atoms with Crippen LogP contribution in [-0.4, -0.2) is 23.1 Å². The summed E-state index contributed by atoms with van der Waals surface area (Å²) < 4.78 is 10.2. The second kappa shape index (κ2) is 8.29. The van der Waals surface area contributed by atoms with E-state index >= 15 is 0 Å². The molecule has 0 saturated heterocycles. The molecule has 1 N–H and O–H groups in total. The van der Waals surface area contributed by atoms with Crippen molar-refractivity contribution in [3.8, 4) is 0 Å². The molecule has 0 fully saturated rings. The zero-order valence-corrected chi connectivity index (χ0v) is 14.1. The molecule has 1 heterocycles. The molecule has 0 spiro atoms. The lowest BCUT2D eigenvalue weighted by atomic mass is 10.0. The van der Waals surface area contributed by atoms with Crippen molar-refractivity contribution >= 4 is 11.9 Å². The molecule has 6 nitrogen and oxygen atoms in total. The van der Waals surface area contributed by atoms with Crippen molar-refractivity contribution in [2.75, 3.05) is 0 Å². The number of nitrogens with zero attached hydrogens (tertiary/aromatic N) is 1. The third-order valence-corrected chi connectivity index (χ3v) is 3.48. The van der Waals surface area contributed by atoms with Crippen LogP contribution in [0.3, 0.4) is 0 Å². The second-order valence-electron chi connectivity index (χ2n) is 5.99. The van der Waals surface area contributed by atoms with Crippen molar-refractivity contribution in [3.63, 3.8) is 0 Å². The van der Waals surface area contributed by atoms with Gasteiger partial charge in [0, 0.05) is 6.07 Å². The molecule has 0 unspecified atom stereocenters. The number of esters is 1. The molecule has 0 bridgehead atoms. The zero-order chi connectivity index (χ0) is 17.5. The first-order valence-corrected chi connectivity index (χ1v) is 7.88. The number of amides is 1. The summed E-state index contributed by atoms with van der Waals surface area (Å²) in [5, 5.41) is 6.52. The van der Waals surface area contributed by atoms with Crippen molar-refractivity contribution in [1.29, 1.82) is 0 Å². The van der Waals surface area contributed by atoms with Gasteiger partial charge in [-0.15, -0.1) is 0 Å². The van der Waals surface area contributed by atoms with E-state index < -0.39 is 12.0 Å². The SMILES string of the molecule is Cc1cc(COC(=O)[C@@H](NC(=O)Cc2ccccc2)C(C)C)no1. The van der Waals surface area contributed by atoms with E-state index in [9.17, 15) is 9.59 Å². The number of carbonyl (C=O) groups excluding carboxylic acids is 2. The second-order valence-corrected chi connectivity index (χ2v) is 5.99. The minimum Gasteiger partial charge on any atom is -0.458 e. The van der Waals surface area contributed by atoms with Gasteiger partial charge in [0.25, 0.3) is 0 Å². The lowest BCUT2D eigenvalue weighted by molar-refractivity contribution is -0.150. The lowest BCUT2D eigenvalue weighted by Crippen LogP contribution is -2.45. The molecule has 1 aromatic heterocycles. The summed E-state index contributed by atoms with van der Waals surface area (Å²) in [6.45, 7) is 5.50. The first-order chi connectivity index (χ1) is 11.5. The Morgan fingerprint density at radius 1 is 1.25 bits per heavy atom. The molecule has 1 aromatic carbocycles. The number of nitrogens with one attached hydrogen (secondary N) is 1. The fraction of sp³-hybridized carbons (Fsp3) is 0.389. The van der Waals surface area contributed by atoms with Gasteiger partial charge in [0.2, 0.25) is 5.91 Å². The highest BCUT2D eigenvalue weighted by Crippen LogP contribution is 2.09. The van der Waals surface area contributed by atoms with E-state index in [0.29, 0.717) is 11.5 Å². The summed E-state index contributed by atoms with van der Waals surface area (Å²) in [5.41, 5.74) is 1.43. The maximum Gasteiger partial charge on any atom is 0.329 e. The monoisotopic (exact) mass is 330 g/mol. The van der Waals surface area contributed by atoms with Crippen LogP contribution in [0.15, 0.2) is 40.9 Å². The predicted octanol–water partition coefficient (Wildman–Crippen LogP) is 2.41. The zero-order valence-electron chi connectivity index (χ0n) is 14.1. The summed E-state index contributed by atoms with van der Waals surface area (Å²) in [6, 6.07) is 10.4. The average molecular weight is 330 g/mol. The van der Waals surface area contributed by atoms with Gasteiger partial charge in [0.05, 0.1) is 6.42 Å². The number of ether oxygens (including phenoxy) is 1. The number of hydrogen-bond donors (Lipinski definition) is 1. The molecule has 24 heavy (non-hydrogen) atoms. The normalized spacial score (nSPS) is 12.0. The van der Waals surface area contributed by atoms with E-state index in [-0.39, 0.29) is 24.9 Å². The van der Waals surface area contributed by atoms with Crippen molar-refractivity contribution < 1.29 is 18.8 Å². The van der Waals surface area contributed by atoms with E-state index in [1.54, 1.807) is 13.0 Å². The molecule has 2 aromatic rings. The smallest absolute Gasteiger partial charge is 0.329 e. The van der Waals surface area contributed by atoms with Gasteiger partial charge >= 0.3 is 5.97 Å². The Labute approximate surface area is 141 Å². The Morgan fingerprint density at radius 3 is 2.54 bits per heavy atom. The predicted molar refractivity (Wildman–Crippen MR) is 88.0 cm³/mol. The third kappa shape index (κ3) is 5.22. The van der Waals surface area contributed by atoms with Gasteiger partial charge in [-0.05, 0) is 18.4 Å². The van der Waals surface area contributed by atoms with Gasteiger partial charge in [-0.1, -0.05) is 49.3 Å². The summed E-state index contributed by atoms with van der Waals surface area (Å²) in [7, 11) is 0. The highest BCUT2D eigenvalue weighted by molar-refractivity contribution is 5.85. The molecule has 1 amide bonds. The van der Waals surface area contributed by atoms with Crippen LogP contribution in [0, 0.1) is 12.8 Å². The van der Waals surface area contributed by atoms with Gasteiger partial charge in [0.1, 0.15) is 24.1 Å². The Bertz CT molecular complexity index is 679. The Morgan fingerprint density at radius 2 is 1.96 bits per heavy atom. The van der Waals surface area contributed by atoms with E-state index in [1.165, 1.54) is 0 Å². The van der Waals surface area contributed by atoms with Crippen molar-refractivity contribution in [2.24, 2.45) is 5.92 Å². The number of aryl methyl sites for hydroxylation is 1. The van der Waals surface area contributed by atoms with Gasteiger partial charge in [-0.25, -0.2) is 4.79 Å². The van der Waals surface area contributed by atoms with Gasteiger partial charge in [0.15, 0.2) is 0 Å². The molecule has 128 valence electrons. The van der Waals surface area contributed by atoms with Crippen LogP contribution in [0.4, 0.5) is 0 Å². The van der Waals surface area contributed by atoms with E-state index in [4.69, 9.17) is 9.26 Å². The van der Waals surface area contributed by atoms with Gasteiger partial charge < -0.3 is 14.6 Å². The van der Waals surface area contributed by atoms with Crippen LogP contribution in [0.25, 0.3) is 0 Å². The quantitative estimate of drug-likeness (QED) is 0.789. The molecule has 0 radical (unpaired) electrons. The highest BCUT2D eigenvalue weighted by atomic mass is 16.5. The molecule has 1 atom stereocenters. The van der Waals surface area contributed by atoms with Crippen LogP contribution >= 0.6 is 0 Å². The van der Waals surface area contributed by atoms with E-state index in [1.807, 2.05) is 44.2 Å². The first kappa shape index (κ1) is 17.7. The lowest BCUT2D eigenvalue weighted by Gasteiger charge is -2.20. The summed E-state index contributed by atoms with van der Waals surface area (Å²) in [4.78, 5) is 24.4. The number of hydrogen-bond acceptors (Lipinski definition) is 5. The molecule has 6 heteroatoms. The fourth-order valence-electron chi connectivity index (χ4n) is 2.22. The van der Waals surface area contributed by atoms with Crippen molar-refractivity contribution in [1.82, 2.24) is 10.5 Å². The van der Waals surface area contributed by atoms with E-state index in [0.717, 1.165) is 5.56 Å². The average Bonchev–Trinajstić information content (AvgIpc) is 2.96. The van der Waals surface area contributed by atoms with Crippen molar-refractivity contribution in [2.45, 2.75) is 39.8 Å². The standard InChI is InChI=1S/C18H22N2O4/c1-12(2)17(18(22)23-11-15-9-13(3)24-20-15)19-16(21)10-14-7-5-4-6-8-14/h4-9,12,17H,10-11H2,1-3H3,(H,19,21)/t17-/m0/s1. The molecule has 0 aliphatic rings. The topological polar surface area (TPSA) is 81.4 Å². The van der Waals surface area contributed by atoms with Crippen LogP contribution < -0.4 is 5.32 Å². The summed E-state index contributed by atoms with van der Waals surface area (Å²) in [5.74, 6) is -0.130. The summed E-state index contributed by atoms with van der Waals surface area (Å²) in [6.07, 6.45) is 0.222. The minimum absolute atomic E-state index is 0.0218. The third-order valence-electron chi connectivity index (χ3n) is 3.48. The van der Waals surface area contributed by atoms with Crippen LogP contribution in [0.2, 0.25) is 0 Å². The fourth-order valence-corrected chi connectivity index (χ4v) is 2.22.